The highest BCUT2D eigenvalue weighted by Gasteiger charge is 2.25. The third kappa shape index (κ3) is 4.99. The van der Waals surface area contributed by atoms with E-state index in [9.17, 15) is 4.79 Å². The molecule has 3 aromatic rings. The van der Waals surface area contributed by atoms with Crippen LogP contribution in [0.1, 0.15) is 18.1 Å². The van der Waals surface area contributed by atoms with Gasteiger partial charge in [-0.25, -0.2) is 0 Å². The van der Waals surface area contributed by atoms with Crippen LogP contribution in [0.15, 0.2) is 88.7 Å². The van der Waals surface area contributed by atoms with Gasteiger partial charge < -0.3 is 4.74 Å². The molecule has 0 bridgehead atoms. The normalized spacial score (nSPS) is 11.8. The summed E-state index contributed by atoms with van der Waals surface area (Å²) in [4.78, 5) is 13.7. The molecule has 132 valence electrons. The Balaban J connectivity index is 1.86. The predicted molar refractivity (Wildman–Crippen MR) is 108 cm³/mol. The van der Waals surface area contributed by atoms with Crippen molar-refractivity contribution < 1.29 is 9.53 Å². The average Bonchev–Trinajstić information content (AvgIpc) is 2.64. The maximum Gasteiger partial charge on any atom is 0.308 e. The van der Waals surface area contributed by atoms with E-state index in [1.54, 1.807) is 0 Å². The third-order valence-electron chi connectivity index (χ3n) is 4.08. The summed E-state index contributed by atoms with van der Waals surface area (Å²) in [7, 11) is -0.0235. The van der Waals surface area contributed by atoms with Crippen LogP contribution in [0.5, 0.6) is 5.75 Å². The predicted octanol–water partition coefficient (Wildman–Crippen LogP) is 5.20. The van der Waals surface area contributed by atoms with E-state index >= 15 is 0 Å². The summed E-state index contributed by atoms with van der Waals surface area (Å²) in [5.74, 6) is 1.36. The van der Waals surface area contributed by atoms with Crippen molar-refractivity contribution in [3.63, 3.8) is 0 Å². The fraction of sp³-hybridized carbons (Fsp3) is 0.174. The first-order valence-electron chi connectivity index (χ1n) is 8.72. The van der Waals surface area contributed by atoms with Crippen LogP contribution >= 0.6 is 0 Å². The number of carbonyl (C=O) groups excluding carboxylic acids is 1. The number of hydrogen-bond acceptors (Lipinski definition) is 2. The first-order chi connectivity index (χ1) is 12.6. The lowest BCUT2D eigenvalue weighted by Gasteiger charge is -2.10. The standard InChI is InChI=1S/C23H23O2S/c1-18-7-6-10-23(17-18)26(16-15-20-8-4-3-5-9-20)22-13-11-21(12-14-22)25-19(2)24/h3-14,17H,15-16H2,1-2H3/q+1. The van der Waals surface area contributed by atoms with Gasteiger partial charge in [-0.1, -0.05) is 42.5 Å². The highest BCUT2D eigenvalue weighted by molar-refractivity contribution is 7.97. The van der Waals surface area contributed by atoms with Crippen LogP contribution in [-0.4, -0.2) is 11.7 Å². The summed E-state index contributed by atoms with van der Waals surface area (Å²) in [5, 5.41) is 0. The van der Waals surface area contributed by atoms with Crippen LogP contribution < -0.4 is 4.74 Å². The number of hydrogen-bond donors (Lipinski definition) is 0. The van der Waals surface area contributed by atoms with Gasteiger partial charge in [-0.3, -0.25) is 4.79 Å². The van der Waals surface area contributed by atoms with Crippen molar-refractivity contribution in [2.24, 2.45) is 0 Å². The zero-order chi connectivity index (χ0) is 18.4. The molecule has 0 amide bonds. The molecule has 3 heteroatoms. The van der Waals surface area contributed by atoms with Gasteiger partial charge in [0.2, 0.25) is 0 Å². The second kappa shape index (κ2) is 8.72. The molecule has 3 aromatic carbocycles. The minimum Gasteiger partial charge on any atom is -0.427 e. The molecule has 0 saturated carbocycles. The molecule has 0 fully saturated rings. The monoisotopic (exact) mass is 363 g/mol. The lowest BCUT2D eigenvalue weighted by molar-refractivity contribution is -0.131. The molecular weight excluding hydrogens is 340 g/mol. The van der Waals surface area contributed by atoms with Crippen LogP contribution in [0, 0.1) is 6.92 Å². The van der Waals surface area contributed by atoms with Crippen molar-refractivity contribution in [3.8, 4) is 5.75 Å². The molecule has 0 aliphatic carbocycles. The van der Waals surface area contributed by atoms with E-state index in [0.717, 1.165) is 12.2 Å². The van der Waals surface area contributed by atoms with Crippen molar-refractivity contribution in [3.05, 3.63) is 90.0 Å². The van der Waals surface area contributed by atoms with Crippen LogP contribution in [0.2, 0.25) is 0 Å². The molecule has 0 saturated heterocycles. The van der Waals surface area contributed by atoms with Crippen LogP contribution in [0.4, 0.5) is 0 Å². The van der Waals surface area contributed by atoms with Gasteiger partial charge in [0.25, 0.3) is 0 Å². The third-order valence-corrected chi connectivity index (χ3v) is 6.36. The number of rotatable bonds is 6. The van der Waals surface area contributed by atoms with E-state index in [2.05, 4.69) is 73.7 Å². The summed E-state index contributed by atoms with van der Waals surface area (Å²) >= 11 is 0. The van der Waals surface area contributed by atoms with Gasteiger partial charge in [-0.2, -0.15) is 0 Å². The van der Waals surface area contributed by atoms with Gasteiger partial charge in [0.05, 0.1) is 10.9 Å². The number of carbonyl (C=O) groups is 1. The minimum atomic E-state index is -0.292. The maximum absolute atomic E-state index is 11.1. The maximum atomic E-state index is 11.1. The molecule has 2 nitrogen and oxygen atoms in total. The molecule has 0 aliphatic rings. The first kappa shape index (κ1) is 18.3. The highest BCUT2D eigenvalue weighted by atomic mass is 32.2. The second-order valence-corrected chi connectivity index (χ2v) is 8.34. The molecule has 0 aromatic heterocycles. The van der Waals surface area contributed by atoms with Gasteiger partial charge in [0.1, 0.15) is 11.5 Å². The summed E-state index contributed by atoms with van der Waals surface area (Å²) in [5.41, 5.74) is 2.63. The van der Waals surface area contributed by atoms with E-state index in [4.69, 9.17) is 4.74 Å². The fourth-order valence-electron chi connectivity index (χ4n) is 2.84. The molecule has 0 radical (unpaired) electrons. The molecular formula is C23H23O2S+. The Morgan fingerprint density at radius 2 is 1.62 bits per heavy atom. The van der Waals surface area contributed by atoms with E-state index in [0.29, 0.717) is 5.75 Å². The number of esters is 1. The Hall–Kier alpha value is -2.52. The number of benzene rings is 3. The van der Waals surface area contributed by atoms with Gasteiger partial charge in [-0.15, -0.1) is 0 Å². The quantitative estimate of drug-likeness (QED) is 0.342. The first-order valence-corrected chi connectivity index (χ1v) is 10.1. The van der Waals surface area contributed by atoms with Gasteiger partial charge in [0, 0.05) is 13.3 Å². The Kier molecular flexibility index (Phi) is 6.13. The Morgan fingerprint density at radius 1 is 0.885 bits per heavy atom. The molecule has 26 heavy (non-hydrogen) atoms. The molecule has 1 unspecified atom stereocenters. The van der Waals surface area contributed by atoms with E-state index < -0.39 is 0 Å². The molecule has 0 heterocycles. The Bertz CT molecular complexity index is 857. The zero-order valence-corrected chi connectivity index (χ0v) is 16.0. The van der Waals surface area contributed by atoms with Gasteiger partial charge in [-0.05, 0) is 54.4 Å². The fourth-order valence-corrected chi connectivity index (χ4v) is 5.06. The summed E-state index contributed by atoms with van der Waals surface area (Å²) in [6.07, 6.45) is 1.03. The molecule has 1 atom stereocenters. The van der Waals surface area contributed by atoms with E-state index in [-0.39, 0.29) is 16.9 Å². The molecule has 0 spiro atoms. The second-order valence-electron chi connectivity index (χ2n) is 6.21. The van der Waals surface area contributed by atoms with Crippen LogP contribution in [0.25, 0.3) is 0 Å². The summed E-state index contributed by atoms with van der Waals surface area (Å²) in [6, 6.07) is 27.3. The SMILES string of the molecule is CC(=O)Oc1ccc([S+](CCc2ccccc2)c2cccc(C)c2)cc1. The zero-order valence-electron chi connectivity index (χ0n) is 15.1. The van der Waals surface area contributed by atoms with Crippen molar-refractivity contribution in [2.75, 3.05) is 5.75 Å². The van der Waals surface area contributed by atoms with E-state index in [1.165, 1.54) is 27.8 Å². The number of ether oxygens (including phenoxy) is 1. The van der Waals surface area contributed by atoms with E-state index in [1.807, 2.05) is 12.1 Å². The van der Waals surface area contributed by atoms with Crippen LogP contribution in [0.3, 0.4) is 0 Å². The Morgan fingerprint density at radius 3 is 2.27 bits per heavy atom. The smallest absolute Gasteiger partial charge is 0.308 e. The van der Waals surface area contributed by atoms with Gasteiger partial charge in [0.15, 0.2) is 9.79 Å². The minimum absolute atomic E-state index is 0.0235. The summed E-state index contributed by atoms with van der Waals surface area (Å²) in [6.45, 7) is 3.55. The highest BCUT2D eigenvalue weighted by Crippen LogP contribution is 2.27. The lowest BCUT2D eigenvalue weighted by atomic mass is 10.2. The lowest BCUT2D eigenvalue weighted by Crippen LogP contribution is -2.11. The Labute approximate surface area is 158 Å². The van der Waals surface area contributed by atoms with Crippen molar-refractivity contribution in [2.45, 2.75) is 30.1 Å². The number of aryl methyl sites for hydroxylation is 2. The van der Waals surface area contributed by atoms with Crippen molar-refractivity contribution in [1.29, 1.82) is 0 Å². The largest absolute Gasteiger partial charge is 0.427 e. The van der Waals surface area contributed by atoms with Crippen molar-refractivity contribution in [1.82, 2.24) is 0 Å². The molecule has 3 rings (SSSR count). The molecule has 0 aliphatic heterocycles. The average molecular weight is 364 g/mol. The topological polar surface area (TPSA) is 26.3 Å². The molecule has 0 N–H and O–H groups in total. The van der Waals surface area contributed by atoms with Crippen molar-refractivity contribution >= 4 is 16.9 Å². The summed E-state index contributed by atoms with van der Waals surface area (Å²) < 4.78 is 5.17. The van der Waals surface area contributed by atoms with Gasteiger partial charge >= 0.3 is 5.97 Å². The van der Waals surface area contributed by atoms with Crippen LogP contribution in [-0.2, 0) is 22.1 Å².